The highest BCUT2D eigenvalue weighted by atomic mass is 32.1. The maximum Gasteiger partial charge on any atom is 0.261 e. The smallest absolute Gasteiger partial charge is 0.261 e. The fraction of sp³-hybridized carbons (Fsp3) is 0.348. The number of anilines is 1. The van der Waals surface area contributed by atoms with Gasteiger partial charge in [0.05, 0.1) is 0 Å². The topological polar surface area (TPSA) is 82.3 Å². The molecule has 7 heteroatoms. The molecule has 0 aromatic heterocycles. The van der Waals surface area contributed by atoms with E-state index in [-0.39, 0.29) is 22.8 Å². The summed E-state index contributed by atoms with van der Waals surface area (Å²) in [4.78, 5) is 25.2. The lowest BCUT2D eigenvalue weighted by molar-refractivity contribution is -0.124. The van der Waals surface area contributed by atoms with Crippen LogP contribution in [0.25, 0.3) is 0 Å². The molecule has 6 nitrogen and oxygen atoms in total. The van der Waals surface area contributed by atoms with Crippen molar-refractivity contribution in [3.8, 4) is 0 Å². The van der Waals surface area contributed by atoms with Gasteiger partial charge in [-0.1, -0.05) is 64.4 Å². The Morgan fingerprint density at radius 3 is 2.13 bits per heavy atom. The van der Waals surface area contributed by atoms with Crippen molar-refractivity contribution >= 4 is 34.8 Å². The van der Waals surface area contributed by atoms with Gasteiger partial charge in [0.15, 0.2) is 5.11 Å². The van der Waals surface area contributed by atoms with E-state index in [0.717, 1.165) is 12.1 Å². The van der Waals surface area contributed by atoms with Crippen molar-refractivity contribution in [3.63, 3.8) is 0 Å². The van der Waals surface area contributed by atoms with Crippen LogP contribution in [0.5, 0.6) is 0 Å². The van der Waals surface area contributed by atoms with Crippen molar-refractivity contribution < 1.29 is 9.59 Å². The summed E-state index contributed by atoms with van der Waals surface area (Å²) >= 11 is 5.26. The first kappa shape index (κ1) is 23.3. The first-order chi connectivity index (χ1) is 14.3. The van der Waals surface area contributed by atoms with E-state index in [4.69, 9.17) is 12.2 Å². The first-order valence-corrected chi connectivity index (χ1v) is 10.5. The van der Waals surface area contributed by atoms with Crippen LogP contribution >= 0.6 is 12.2 Å². The van der Waals surface area contributed by atoms with Gasteiger partial charge >= 0.3 is 0 Å². The van der Waals surface area contributed by atoms with Crippen molar-refractivity contribution in [3.05, 3.63) is 65.7 Å². The van der Waals surface area contributed by atoms with Crippen LogP contribution in [0.2, 0.25) is 0 Å². The summed E-state index contributed by atoms with van der Waals surface area (Å²) in [6.45, 7) is 8.16. The average molecular weight is 427 g/mol. The Morgan fingerprint density at radius 1 is 0.933 bits per heavy atom. The van der Waals surface area contributed by atoms with Crippen molar-refractivity contribution in [2.75, 3.05) is 5.32 Å². The van der Waals surface area contributed by atoms with Gasteiger partial charge in [-0.15, -0.1) is 0 Å². The predicted molar refractivity (Wildman–Crippen MR) is 125 cm³/mol. The lowest BCUT2D eigenvalue weighted by Gasteiger charge is -2.24. The second-order valence-electron chi connectivity index (χ2n) is 7.55. The molecule has 0 saturated carbocycles. The van der Waals surface area contributed by atoms with E-state index in [2.05, 4.69) is 35.3 Å². The van der Waals surface area contributed by atoms with Crippen molar-refractivity contribution in [2.24, 2.45) is 5.92 Å². The van der Waals surface area contributed by atoms with Gasteiger partial charge in [-0.25, -0.2) is 0 Å². The number of thiocarbonyl (C=S) groups is 1. The second kappa shape index (κ2) is 11.3. The number of amides is 2. The zero-order valence-electron chi connectivity index (χ0n) is 17.9. The number of nitrogens with one attached hydrogen (secondary N) is 4. The van der Waals surface area contributed by atoms with E-state index in [9.17, 15) is 9.59 Å². The molecule has 0 radical (unpaired) electrons. The van der Waals surface area contributed by atoms with Crippen molar-refractivity contribution in [1.82, 2.24) is 16.2 Å². The molecule has 2 aromatic rings. The fourth-order valence-corrected chi connectivity index (χ4v) is 2.99. The van der Waals surface area contributed by atoms with Crippen molar-refractivity contribution in [1.29, 1.82) is 0 Å². The molecule has 2 rings (SSSR count). The zero-order chi connectivity index (χ0) is 22.1. The molecule has 30 heavy (non-hydrogen) atoms. The number of carbonyl (C=O) groups is 2. The Morgan fingerprint density at radius 2 is 1.57 bits per heavy atom. The Balaban J connectivity index is 1.93. The number of hydrogen-bond donors (Lipinski definition) is 4. The molecule has 2 atom stereocenters. The Kier molecular flexibility index (Phi) is 8.80. The fourth-order valence-electron chi connectivity index (χ4n) is 2.83. The first-order valence-electron chi connectivity index (χ1n) is 10.1. The molecule has 160 valence electrons. The highest BCUT2D eigenvalue weighted by molar-refractivity contribution is 7.80. The predicted octanol–water partition coefficient (Wildman–Crippen LogP) is 3.97. The monoisotopic (exact) mass is 426 g/mol. The standard InChI is InChI=1S/C23H30N4O2S/c1-5-16(4)20(25-21(28)18-9-7-6-8-10-18)22(29)26-27-23(30)24-19-13-11-17(12-14-19)15(2)3/h6-16,20H,5H2,1-4H3,(H,25,28)(H,26,29)(H2,24,27,30)/t16-,20-/m0/s1. The summed E-state index contributed by atoms with van der Waals surface area (Å²) in [5.41, 5.74) is 7.87. The minimum atomic E-state index is -0.691. The molecule has 0 heterocycles. The maximum absolute atomic E-state index is 12.7. The number of benzene rings is 2. The number of rotatable bonds is 7. The molecule has 0 saturated heterocycles. The normalized spacial score (nSPS) is 12.6. The van der Waals surface area contributed by atoms with Crippen LogP contribution in [0.15, 0.2) is 54.6 Å². The summed E-state index contributed by atoms with van der Waals surface area (Å²) in [7, 11) is 0. The largest absolute Gasteiger partial charge is 0.340 e. The summed E-state index contributed by atoms with van der Waals surface area (Å²) in [6, 6.07) is 16.1. The molecule has 0 aliphatic heterocycles. The average Bonchev–Trinajstić information content (AvgIpc) is 2.76. The SMILES string of the molecule is CC[C@H](C)[C@H](NC(=O)c1ccccc1)C(=O)NNC(=S)Nc1ccc(C(C)C)cc1. The van der Waals surface area contributed by atoms with Crippen LogP contribution in [0.3, 0.4) is 0 Å². The summed E-state index contributed by atoms with van der Waals surface area (Å²) in [5, 5.41) is 6.11. The third kappa shape index (κ3) is 6.84. The minimum absolute atomic E-state index is 0.0513. The zero-order valence-corrected chi connectivity index (χ0v) is 18.7. The van der Waals surface area contributed by atoms with Gasteiger partial charge in [-0.3, -0.25) is 20.4 Å². The molecule has 0 fully saturated rings. The van der Waals surface area contributed by atoms with Gasteiger partial charge in [0.1, 0.15) is 6.04 Å². The summed E-state index contributed by atoms with van der Waals surface area (Å²) < 4.78 is 0. The van der Waals surface area contributed by atoms with Crippen molar-refractivity contribution in [2.45, 2.75) is 46.1 Å². The lowest BCUT2D eigenvalue weighted by atomic mass is 9.98. The van der Waals surface area contributed by atoms with Gasteiger partial charge in [0.2, 0.25) is 0 Å². The molecule has 4 N–H and O–H groups in total. The molecule has 0 bridgehead atoms. The van der Waals surface area contributed by atoms with Gasteiger partial charge in [0.25, 0.3) is 11.8 Å². The molecule has 0 aliphatic rings. The highest BCUT2D eigenvalue weighted by Crippen LogP contribution is 2.17. The van der Waals surface area contributed by atoms with E-state index in [1.807, 2.05) is 44.2 Å². The van der Waals surface area contributed by atoms with E-state index in [1.54, 1.807) is 24.3 Å². The van der Waals surface area contributed by atoms with Crippen LogP contribution < -0.4 is 21.5 Å². The molecule has 0 aliphatic carbocycles. The molecular formula is C23H30N4O2S. The highest BCUT2D eigenvalue weighted by Gasteiger charge is 2.26. The summed E-state index contributed by atoms with van der Waals surface area (Å²) in [5.74, 6) is -0.244. The minimum Gasteiger partial charge on any atom is -0.340 e. The van der Waals surface area contributed by atoms with E-state index in [1.165, 1.54) is 5.56 Å². The van der Waals surface area contributed by atoms with Crippen LogP contribution in [-0.2, 0) is 4.79 Å². The Labute approximate surface area is 183 Å². The van der Waals surface area contributed by atoms with E-state index in [0.29, 0.717) is 11.5 Å². The van der Waals surface area contributed by atoms with Crippen LogP contribution in [0.4, 0.5) is 5.69 Å². The Bertz CT molecular complexity index is 853. The summed E-state index contributed by atoms with van der Waals surface area (Å²) in [6.07, 6.45) is 0.734. The van der Waals surface area contributed by atoms with Gasteiger partial charge in [-0.05, 0) is 53.9 Å². The molecule has 2 amide bonds. The third-order valence-electron chi connectivity index (χ3n) is 4.95. The van der Waals surface area contributed by atoms with E-state index >= 15 is 0 Å². The second-order valence-corrected chi connectivity index (χ2v) is 7.96. The van der Waals surface area contributed by atoms with Crippen LogP contribution in [0, 0.1) is 5.92 Å². The molecule has 2 aromatic carbocycles. The molecular weight excluding hydrogens is 396 g/mol. The quantitative estimate of drug-likeness (QED) is 0.398. The van der Waals surface area contributed by atoms with Crippen LogP contribution in [0.1, 0.15) is 56.0 Å². The van der Waals surface area contributed by atoms with Gasteiger partial charge < -0.3 is 10.6 Å². The maximum atomic E-state index is 12.7. The van der Waals surface area contributed by atoms with Gasteiger partial charge in [-0.2, -0.15) is 0 Å². The molecule has 0 unspecified atom stereocenters. The number of hydrazine groups is 1. The third-order valence-corrected chi connectivity index (χ3v) is 5.16. The number of carbonyl (C=O) groups excluding carboxylic acids is 2. The van der Waals surface area contributed by atoms with Crippen LogP contribution in [-0.4, -0.2) is 23.0 Å². The van der Waals surface area contributed by atoms with E-state index < -0.39 is 6.04 Å². The lowest BCUT2D eigenvalue weighted by Crippen LogP contribution is -2.55. The Hall–Kier alpha value is -2.93. The molecule has 0 spiro atoms. The van der Waals surface area contributed by atoms with Gasteiger partial charge in [0, 0.05) is 11.3 Å². The number of hydrogen-bond acceptors (Lipinski definition) is 3.